The summed E-state index contributed by atoms with van der Waals surface area (Å²) < 4.78 is 5.58. The summed E-state index contributed by atoms with van der Waals surface area (Å²) in [7, 11) is 0. The second kappa shape index (κ2) is 6.88. The average molecular weight is 278 g/mol. The van der Waals surface area contributed by atoms with E-state index in [1.807, 2.05) is 6.07 Å². The molecule has 0 aliphatic carbocycles. The van der Waals surface area contributed by atoms with Crippen molar-refractivity contribution in [1.82, 2.24) is 9.97 Å². The van der Waals surface area contributed by atoms with Crippen molar-refractivity contribution in [1.29, 1.82) is 0 Å². The van der Waals surface area contributed by atoms with E-state index in [0.29, 0.717) is 18.1 Å². The zero-order valence-corrected chi connectivity index (χ0v) is 12.9. The van der Waals surface area contributed by atoms with Crippen molar-refractivity contribution < 1.29 is 4.74 Å². The molecule has 2 heterocycles. The summed E-state index contributed by atoms with van der Waals surface area (Å²) >= 11 is 0. The molecule has 112 valence electrons. The Morgan fingerprint density at radius 2 is 2.10 bits per heavy atom. The van der Waals surface area contributed by atoms with Gasteiger partial charge in [0.25, 0.3) is 0 Å². The lowest BCUT2D eigenvalue weighted by Crippen LogP contribution is -2.32. The first-order valence-electron chi connectivity index (χ1n) is 7.59. The van der Waals surface area contributed by atoms with Crippen molar-refractivity contribution in [2.45, 2.75) is 58.6 Å². The molecular formula is C15H26N4O. The highest BCUT2D eigenvalue weighted by molar-refractivity contribution is 5.48. The van der Waals surface area contributed by atoms with Crippen molar-refractivity contribution in [2.75, 3.05) is 23.8 Å². The molecule has 1 aromatic rings. The molecule has 5 heteroatoms. The number of ether oxygens (including phenoxy) is 1. The van der Waals surface area contributed by atoms with Crippen LogP contribution in [0.1, 0.15) is 52.3 Å². The summed E-state index contributed by atoms with van der Waals surface area (Å²) in [5, 5.41) is 6.81. The summed E-state index contributed by atoms with van der Waals surface area (Å²) in [5.74, 6) is 3.02. The molecular weight excluding hydrogens is 252 g/mol. The van der Waals surface area contributed by atoms with Crippen LogP contribution < -0.4 is 10.6 Å². The maximum Gasteiger partial charge on any atom is 0.135 e. The Balaban J connectivity index is 2.12. The Hall–Kier alpha value is -1.36. The molecule has 1 aromatic heterocycles. The predicted octanol–water partition coefficient (Wildman–Crippen LogP) is 3.01. The lowest BCUT2D eigenvalue weighted by molar-refractivity contribution is 0.0232. The van der Waals surface area contributed by atoms with Crippen LogP contribution in [0.3, 0.4) is 0 Å². The second-order valence-electron chi connectivity index (χ2n) is 5.73. The zero-order chi connectivity index (χ0) is 14.5. The monoisotopic (exact) mass is 278 g/mol. The topological polar surface area (TPSA) is 59.1 Å². The van der Waals surface area contributed by atoms with Gasteiger partial charge < -0.3 is 15.4 Å². The molecule has 0 bridgehead atoms. The van der Waals surface area contributed by atoms with E-state index in [9.17, 15) is 0 Å². The quantitative estimate of drug-likeness (QED) is 0.867. The van der Waals surface area contributed by atoms with Gasteiger partial charge in [-0.05, 0) is 26.7 Å². The molecule has 2 rings (SSSR count). The van der Waals surface area contributed by atoms with Gasteiger partial charge in [0.1, 0.15) is 17.5 Å². The van der Waals surface area contributed by atoms with E-state index in [4.69, 9.17) is 4.74 Å². The molecule has 0 radical (unpaired) electrons. The van der Waals surface area contributed by atoms with Gasteiger partial charge in [-0.25, -0.2) is 9.97 Å². The number of anilines is 2. The molecule has 1 aliphatic heterocycles. The Kier molecular flexibility index (Phi) is 5.17. The van der Waals surface area contributed by atoms with Crippen molar-refractivity contribution in [3.8, 4) is 0 Å². The average Bonchev–Trinajstić information content (AvgIpc) is 2.38. The van der Waals surface area contributed by atoms with Gasteiger partial charge in [0.2, 0.25) is 0 Å². The maximum absolute atomic E-state index is 5.58. The molecule has 1 aliphatic rings. The lowest BCUT2D eigenvalue weighted by Gasteiger charge is -2.28. The SMILES string of the molecule is CCNc1cc(NC2CCOC(C)C2)nc(C(C)C)n1. The van der Waals surface area contributed by atoms with E-state index in [0.717, 1.165) is 43.5 Å². The molecule has 2 unspecified atom stereocenters. The van der Waals surface area contributed by atoms with Gasteiger partial charge in [-0.3, -0.25) is 0 Å². The number of hydrogen-bond acceptors (Lipinski definition) is 5. The molecule has 2 N–H and O–H groups in total. The van der Waals surface area contributed by atoms with Gasteiger partial charge in [-0.15, -0.1) is 0 Å². The summed E-state index contributed by atoms with van der Waals surface area (Å²) in [6, 6.07) is 2.43. The van der Waals surface area contributed by atoms with Gasteiger partial charge in [-0.1, -0.05) is 13.8 Å². The highest BCUT2D eigenvalue weighted by Gasteiger charge is 2.20. The third-order valence-electron chi connectivity index (χ3n) is 3.45. The molecule has 0 saturated carbocycles. The first kappa shape index (κ1) is 15.0. The lowest BCUT2D eigenvalue weighted by atomic mass is 10.0. The van der Waals surface area contributed by atoms with Gasteiger partial charge in [0.05, 0.1) is 6.10 Å². The highest BCUT2D eigenvalue weighted by atomic mass is 16.5. The molecule has 0 spiro atoms. The van der Waals surface area contributed by atoms with Crippen LogP contribution in [-0.4, -0.2) is 35.3 Å². The van der Waals surface area contributed by atoms with E-state index in [1.54, 1.807) is 0 Å². The highest BCUT2D eigenvalue weighted by Crippen LogP contribution is 2.21. The normalized spacial score (nSPS) is 22.9. The predicted molar refractivity (Wildman–Crippen MR) is 82.3 cm³/mol. The van der Waals surface area contributed by atoms with E-state index in [1.165, 1.54) is 0 Å². The number of nitrogens with one attached hydrogen (secondary N) is 2. The zero-order valence-electron chi connectivity index (χ0n) is 12.9. The first-order chi connectivity index (χ1) is 9.58. The molecule has 1 fully saturated rings. The third kappa shape index (κ3) is 4.07. The van der Waals surface area contributed by atoms with Crippen LogP contribution in [0.2, 0.25) is 0 Å². The Bertz CT molecular complexity index is 436. The van der Waals surface area contributed by atoms with Crippen molar-refractivity contribution in [2.24, 2.45) is 0 Å². The van der Waals surface area contributed by atoms with Crippen LogP contribution in [0, 0.1) is 0 Å². The minimum Gasteiger partial charge on any atom is -0.378 e. The number of hydrogen-bond donors (Lipinski definition) is 2. The van der Waals surface area contributed by atoms with Crippen LogP contribution in [0.15, 0.2) is 6.07 Å². The number of aromatic nitrogens is 2. The van der Waals surface area contributed by atoms with Crippen LogP contribution in [0.25, 0.3) is 0 Å². The first-order valence-corrected chi connectivity index (χ1v) is 7.59. The fourth-order valence-electron chi connectivity index (χ4n) is 2.41. The van der Waals surface area contributed by atoms with Crippen molar-refractivity contribution in [3.63, 3.8) is 0 Å². The smallest absolute Gasteiger partial charge is 0.135 e. The van der Waals surface area contributed by atoms with E-state index < -0.39 is 0 Å². The Morgan fingerprint density at radius 3 is 2.75 bits per heavy atom. The summed E-state index contributed by atoms with van der Waals surface area (Å²) in [5.41, 5.74) is 0. The van der Waals surface area contributed by atoms with Crippen LogP contribution in [-0.2, 0) is 4.74 Å². The minimum absolute atomic E-state index is 0.320. The molecule has 1 saturated heterocycles. The third-order valence-corrected chi connectivity index (χ3v) is 3.45. The van der Waals surface area contributed by atoms with Gasteiger partial charge in [0, 0.05) is 31.2 Å². The molecule has 0 amide bonds. The number of nitrogens with zero attached hydrogens (tertiary/aromatic N) is 2. The van der Waals surface area contributed by atoms with Crippen molar-refractivity contribution in [3.05, 3.63) is 11.9 Å². The Labute approximate surface area is 121 Å². The van der Waals surface area contributed by atoms with Crippen LogP contribution in [0.4, 0.5) is 11.6 Å². The summed E-state index contributed by atoms with van der Waals surface area (Å²) in [6.07, 6.45) is 2.38. The fourth-order valence-corrected chi connectivity index (χ4v) is 2.41. The van der Waals surface area contributed by atoms with Crippen LogP contribution >= 0.6 is 0 Å². The van der Waals surface area contributed by atoms with Crippen molar-refractivity contribution >= 4 is 11.6 Å². The number of rotatable bonds is 5. The minimum atomic E-state index is 0.320. The molecule has 20 heavy (non-hydrogen) atoms. The van der Waals surface area contributed by atoms with E-state index in [-0.39, 0.29) is 0 Å². The van der Waals surface area contributed by atoms with E-state index >= 15 is 0 Å². The standard InChI is InChI=1S/C15H26N4O/c1-5-16-13-9-14(19-15(18-13)10(2)3)17-12-6-7-20-11(4)8-12/h9-12H,5-8H2,1-4H3,(H2,16,17,18,19). The molecule has 0 aromatic carbocycles. The molecule has 5 nitrogen and oxygen atoms in total. The molecule has 2 atom stereocenters. The van der Waals surface area contributed by atoms with Gasteiger partial charge in [-0.2, -0.15) is 0 Å². The largest absolute Gasteiger partial charge is 0.378 e. The summed E-state index contributed by atoms with van der Waals surface area (Å²) in [6.45, 7) is 10.1. The van der Waals surface area contributed by atoms with E-state index in [2.05, 4.69) is 48.3 Å². The fraction of sp³-hybridized carbons (Fsp3) is 0.733. The maximum atomic E-state index is 5.58. The van der Waals surface area contributed by atoms with Crippen LogP contribution in [0.5, 0.6) is 0 Å². The van der Waals surface area contributed by atoms with Gasteiger partial charge in [0.15, 0.2) is 0 Å². The second-order valence-corrected chi connectivity index (χ2v) is 5.73. The van der Waals surface area contributed by atoms with Gasteiger partial charge >= 0.3 is 0 Å². The Morgan fingerprint density at radius 1 is 1.35 bits per heavy atom. The summed E-state index contributed by atoms with van der Waals surface area (Å²) in [4.78, 5) is 9.18.